The Labute approximate surface area is 175 Å². The highest BCUT2D eigenvalue weighted by Crippen LogP contribution is 2.36. The number of piperidine rings is 1. The van der Waals surface area contributed by atoms with Crippen LogP contribution in [0.15, 0.2) is 59.6 Å². The lowest BCUT2D eigenvalue weighted by Gasteiger charge is -2.43. The van der Waals surface area contributed by atoms with Crippen molar-refractivity contribution in [3.8, 4) is 6.07 Å². The topological polar surface area (TPSA) is 80.5 Å². The molecule has 2 aliphatic rings. The molecule has 2 aromatic rings. The lowest BCUT2D eigenvalue weighted by atomic mass is 9.76. The summed E-state index contributed by atoms with van der Waals surface area (Å²) in [7, 11) is 0. The minimum absolute atomic E-state index is 0.296. The molecule has 2 heterocycles. The second-order valence-electron chi connectivity index (χ2n) is 7.51. The molecule has 2 aromatic carbocycles. The van der Waals surface area contributed by atoms with Crippen molar-refractivity contribution in [3.05, 3.63) is 65.2 Å². The number of carbonyl (C=O) groups excluding carboxylic acids is 1. The number of guanidine groups is 1. The van der Waals surface area contributed by atoms with E-state index < -0.39 is 11.5 Å². The highest BCUT2D eigenvalue weighted by Gasteiger charge is 2.48. The number of hydrogen-bond acceptors (Lipinski definition) is 5. The number of aliphatic imine (C=N–C) groups is 1. The molecule has 1 amide bonds. The van der Waals surface area contributed by atoms with Gasteiger partial charge in [0.05, 0.1) is 11.6 Å². The van der Waals surface area contributed by atoms with Crippen LogP contribution in [0, 0.1) is 17.2 Å². The van der Waals surface area contributed by atoms with Crippen molar-refractivity contribution in [2.75, 3.05) is 18.4 Å². The molecule has 29 heavy (non-hydrogen) atoms. The molecule has 0 radical (unpaired) electrons. The molecule has 0 aliphatic carbocycles. The van der Waals surface area contributed by atoms with Crippen LogP contribution in [0.2, 0.25) is 5.02 Å². The monoisotopic (exact) mass is 407 g/mol. The van der Waals surface area contributed by atoms with E-state index in [-0.39, 0.29) is 5.91 Å². The first-order valence-corrected chi connectivity index (χ1v) is 10.0. The number of nitriles is 1. The molecule has 1 unspecified atom stereocenters. The Morgan fingerprint density at radius 3 is 2.52 bits per heavy atom. The smallest absolute Gasteiger partial charge is 0.246 e. The molecule has 148 valence electrons. The van der Waals surface area contributed by atoms with Crippen LogP contribution in [0.1, 0.15) is 18.4 Å². The van der Waals surface area contributed by atoms with E-state index in [1.807, 2.05) is 30.3 Å². The first-order chi connectivity index (χ1) is 14.1. The number of nitrogens with one attached hydrogen (secondary N) is 2. The van der Waals surface area contributed by atoms with Crippen LogP contribution < -0.4 is 10.6 Å². The maximum atomic E-state index is 12.6. The lowest BCUT2D eigenvalue weighted by Crippen LogP contribution is -2.58. The fourth-order valence-electron chi connectivity index (χ4n) is 4.00. The lowest BCUT2D eigenvalue weighted by molar-refractivity contribution is -0.125. The summed E-state index contributed by atoms with van der Waals surface area (Å²) in [5.41, 5.74) is 1.34. The zero-order valence-electron chi connectivity index (χ0n) is 15.9. The van der Waals surface area contributed by atoms with Crippen molar-refractivity contribution < 1.29 is 4.79 Å². The Balaban J connectivity index is 1.51. The Morgan fingerprint density at radius 1 is 1.17 bits per heavy atom. The Bertz CT molecular complexity index is 943. The average molecular weight is 408 g/mol. The highest BCUT2D eigenvalue weighted by atomic mass is 35.5. The summed E-state index contributed by atoms with van der Waals surface area (Å²) in [6.07, 6.45) is 1.33. The minimum Gasteiger partial charge on any atom is -0.326 e. The van der Waals surface area contributed by atoms with Gasteiger partial charge in [0.15, 0.2) is 5.92 Å². The number of carbonyl (C=O) groups is 1. The van der Waals surface area contributed by atoms with Crippen molar-refractivity contribution >= 4 is 29.2 Å². The third-order valence-electron chi connectivity index (χ3n) is 5.58. The van der Waals surface area contributed by atoms with Gasteiger partial charge in [-0.15, -0.1) is 0 Å². The Hall–Kier alpha value is -2.88. The van der Waals surface area contributed by atoms with Crippen molar-refractivity contribution in [1.29, 1.82) is 5.26 Å². The van der Waals surface area contributed by atoms with E-state index in [2.05, 4.69) is 33.7 Å². The molecule has 1 saturated heterocycles. The van der Waals surface area contributed by atoms with Gasteiger partial charge in [-0.05, 0) is 42.7 Å². The van der Waals surface area contributed by atoms with Crippen molar-refractivity contribution in [2.24, 2.45) is 10.9 Å². The van der Waals surface area contributed by atoms with Gasteiger partial charge < -0.3 is 5.32 Å². The summed E-state index contributed by atoms with van der Waals surface area (Å²) in [5.74, 6) is -0.687. The number of rotatable bonds is 3. The van der Waals surface area contributed by atoms with Gasteiger partial charge in [-0.3, -0.25) is 15.0 Å². The normalized spacial score (nSPS) is 21.2. The molecular weight excluding hydrogens is 386 g/mol. The van der Waals surface area contributed by atoms with Crippen molar-refractivity contribution in [2.45, 2.75) is 24.9 Å². The van der Waals surface area contributed by atoms with Crippen LogP contribution in [-0.2, 0) is 11.3 Å². The molecule has 1 spiro atoms. The van der Waals surface area contributed by atoms with Gasteiger partial charge in [0.2, 0.25) is 11.9 Å². The van der Waals surface area contributed by atoms with Gasteiger partial charge in [-0.25, -0.2) is 4.99 Å². The van der Waals surface area contributed by atoms with Crippen LogP contribution in [0.25, 0.3) is 0 Å². The summed E-state index contributed by atoms with van der Waals surface area (Å²) in [6.45, 7) is 2.44. The van der Waals surface area contributed by atoms with Crippen LogP contribution in [-0.4, -0.2) is 35.4 Å². The summed E-state index contributed by atoms with van der Waals surface area (Å²) < 4.78 is 0. The van der Waals surface area contributed by atoms with E-state index in [0.29, 0.717) is 23.8 Å². The van der Waals surface area contributed by atoms with E-state index in [9.17, 15) is 10.1 Å². The Morgan fingerprint density at radius 2 is 1.86 bits per heavy atom. The van der Waals surface area contributed by atoms with Crippen LogP contribution in [0.4, 0.5) is 5.69 Å². The third kappa shape index (κ3) is 4.26. The molecule has 7 heteroatoms. The van der Waals surface area contributed by atoms with Crippen LogP contribution >= 0.6 is 11.6 Å². The molecule has 4 rings (SSSR count). The van der Waals surface area contributed by atoms with Crippen LogP contribution in [0.5, 0.6) is 0 Å². The third-order valence-corrected chi connectivity index (χ3v) is 5.83. The van der Waals surface area contributed by atoms with Crippen LogP contribution in [0.3, 0.4) is 0 Å². The molecule has 0 saturated carbocycles. The molecule has 2 N–H and O–H groups in total. The predicted octanol–water partition coefficient (Wildman–Crippen LogP) is 3.41. The maximum absolute atomic E-state index is 12.6. The number of hydrogen-bond donors (Lipinski definition) is 2. The van der Waals surface area contributed by atoms with E-state index in [0.717, 1.165) is 25.3 Å². The summed E-state index contributed by atoms with van der Waals surface area (Å²) in [5, 5.41) is 16.2. The number of anilines is 1. The van der Waals surface area contributed by atoms with Gasteiger partial charge in [0.25, 0.3) is 0 Å². The molecule has 6 nitrogen and oxygen atoms in total. The van der Waals surface area contributed by atoms with Gasteiger partial charge in [0.1, 0.15) is 0 Å². The van der Waals surface area contributed by atoms with Gasteiger partial charge in [0, 0.05) is 30.3 Å². The van der Waals surface area contributed by atoms with E-state index >= 15 is 0 Å². The van der Waals surface area contributed by atoms with Gasteiger partial charge in [-0.1, -0.05) is 41.9 Å². The first kappa shape index (κ1) is 19.4. The number of likely N-dealkylation sites (tertiary alicyclic amines) is 1. The molecule has 0 aromatic heterocycles. The summed E-state index contributed by atoms with van der Waals surface area (Å²) >= 11 is 5.94. The van der Waals surface area contributed by atoms with Gasteiger partial charge in [-0.2, -0.15) is 5.26 Å². The first-order valence-electron chi connectivity index (χ1n) is 9.67. The predicted molar refractivity (Wildman–Crippen MR) is 113 cm³/mol. The molecule has 2 aliphatic heterocycles. The number of amides is 1. The van der Waals surface area contributed by atoms with Crippen molar-refractivity contribution in [3.63, 3.8) is 0 Å². The molecule has 0 bridgehead atoms. The minimum atomic E-state index is -0.780. The SMILES string of the molecule is N#CC1C(=O)NC(Nc2ccc(Cl)cc2)=NC12CCN(Cc1ccccc1)CC2. The Kier molecular flexibility index (Phi) is 5.52. The standard InChI is InChI=1S/C22H22ClN5O/c23-17-6-8-18(9-7-17)25-21-26-20(29)19(14-24)22(27-21)10-12-28(13-11-22)15-16-4-2-1-3-5-16/h1-9,19H,10-13,15H2,(H2,25,26,27,29). The maximum Gasteiger partial charge on any atom is 0.246 e. The fraction of sp³-hybridized carbons (Fsp3) is 0.318. The number of nitrogens with zero attached hydrogens (tertiary/aromatic N) is 3. The quantitative estimate of drug-likeness (QED) is 0.817. The highest BCUT2D eigenvalue weighted by molar-refractivity contribution is 6.30. The second-order valence-corrected chi connectivity index (χ2v) is 7.95. The van der Waals surface area contributed by atoms with E-state index in [4.69, 9.17) is 16.6 Å². The zero-order valence-corrected chi connectivity index (χ0v) is 16.7. The number of halogens is 1. The summed E-state index contributed by atoms with van der Waals surface area (Å²) in [4.78, 5) is 19.8. The molecule has 1 atom stereocenters. The zero-order chi connectivity index (χ0) is 20.3. The average Bonchev–Trinajstić information content (AvgIpc) is 2.72. The second kappa shape index (κ2) is 8.24. The van der Waals surface area contributed by atoms with Crippen molar-refractivity contribution in [1.82, 2.24) is 10.2 Å². The van der Waals surface area contributed by atoms with Gasteiger partial charge >= 0.3 is 0 Å². The largest absolute Gasteiger partial charge is 0.326 e. The molecule has 1 fully saturated rings. The van der Waals surface area contributed by atoms with E-state index in [1.54, 1.807) is 12.1 Å². The van der Waals surface area contributed by atoms with E-state index in [1.165, 1.54) is 5.56 Å². The number of benzene rings is 2. The summed E-state index contributed by atoms with van der Waals surface area (Å²) in [6, 6.07) is 19.7. The fourth-order valence-corrected chi connectivity index (χ4v) is 4.12. The molecular formula is C22H22ClN5O.